The largest absolute Gasteiger partial charge is 0.508 e. The summed E-state index contributed by atoms with van der Waals surface area (Å²) in [6, 6.07) is 2.34. The van der Waals surface area contributed by atoms with E-state index < -0.39 is 12.4 Å². The van der Waals surface area contributed by atoms with Crippen molar-refractivity contribution in [2.45, 2.75) is 12.8 Å². The van der Waals surface area contributed by atoms with Crippen LogP contribution in [0.3, 0.4) is 0 Å². The molecule has 0 amide bonds. The summed E-state index contributed by atoms with van der Waals surface area (Å²) >= 11 is 1.14. The van der Waals surface area contributed by atoms with E-state index in [1.165, 1.54) is 11.4 Å². The van der Waals surface area contributed by atoms with Gasteiger partial charge in [-0.3, -0.25) is 4.79 Å². The zero-order chi connectivity index (χ0) is 12.6. The smallest absolute Gasteiger partial charge is 0.307 e. The first kappa shape index (κ1) is 11.8. The van der Waals surface area contributed by atoms with Crippen molar-refractivity contribution in [2.24, 2.45) is 0 Å². The molecule has 1 aromatic carbocycles. The molecule has 0 fully saturated rings. The lowest BCUT2D eigenvalue weighted by Gasteiger charge is -2.05. The number of aromatic hydroxyl groups is 1. The van der Waals surface area contributed by atoms with Crippen molar-refractivity contribution in [2.75, 3.05) is 0 Å². The maximum Gasteiger partial charge on any atom is 0.307 e. The van der Waals surface area contributed by atoms with E-state index >= 15 is 0 Å². The molecule has 0 aliphatic heterocycles. The molecule has 0 aliphatic carbocycles. The first-order valence-electron chi connectivity index (χ1n) is 4.72. The molecule has 0 unspecified atom stereocenters. The van der Waals surface area contributed by atoms with Crippen molar-refractivity contribution in [1.29, 1.82) is 0 Å². The Morgan fingerprint density at radius 3 is 2.71 bits per heavy atom. The zero-order valence-electron chi connectivity index (χ0n) is 8.48. The highest BCUT2D eigenvalue weighted by atomic mass is 32.1. The number of carboxylic acid groups (broad SMARTS) is 1. The standard InChI is InChI=1S/C11H8F2O3S/c12-11(13)7-2-6(14)3-8-10(7)5(4-17-8)1-9(15)16/h2-4,11,14H,1H2,(H,15,16). The minimum Gasteiger partial charge on any atom is -0.508 e. The van der Waals surface area contributed by atoms with Crippen LogP contribution in [0.25, 0.3) is 10.1 Å². The van der Waals surface area contributed by atoms with E-state index in [4.69, 9.17) is 5.11 Å². The molecule has 0 saturated heterocycles. The van der Waals surface area contributed by atoms with Crippen LogP contribution in [0, 0.1) is 0 Å². The van der Waals surface area contributed by atoms with Gasteiger partial charge in [-0.2, -0.15) is 0 Å². The fraction of sp³-hybridized carbons (Fsp3) is 0.182. The molecule has 1 heterocycles. The third-order valence-electron chi connectivity index (χ3n) is 2.34. The normalized spacial score (nSPS) is 11.2. The number of aliphatic carboxylic acids is 1. The molecule has 6 heteroatoms. The third kappa shape index (κ3) is 2.21. The maximum absolute atomic E-state index is 12.8. The van der Waals surface area contributed by atoms with Gasteiger partial charge in [0, 0.05) is 15.6 Å². The van der Waals surface area contributed by atoms with Crippen molar-refractivity contribution in [3.05, 3.63) is 28.6 Å². The van der Waals surface area contributed by atoms with Crippen molar-refractivity contribution < 1.29 is 23.8 Å². The van der Waals surface area contributed by atoms with Gasteiger partial charge in [-0.05, 0) is 23.1 Å². The Balaban J connectivity index is 2.68. The number of phenols is 1. The fourth-order valence-electron chi connectivity index (χ4n) is 1.72. The average molecular weight is 258 g/mol. The van der Waals surface area contributed by atoms with Crippen LogP contribution in [0.2, 0.25) is 0 Å². The highest BCUT2D eigenvalue weighted by Crippen LogP contribution is 2.37. The van der Waals surface area contributed by atoms with Crippen LogP contribution in [0.5, 0.6) is 5.75 Å². The highest BCUT2D eigenvalue weighted by molar-refractivity contribution is 7.17. The number of alkyl halides is 2. The van der Waals surface area contributed by atoms with Crippen LogP contribution in [0.15, 0.2) is 17.5 Å². The van der Waals surface area contributed by atoms with Crippen molar-refractivity contribution in [1.82, 2.24) is 0 Å². The van der Waals surface area contributed by atoms with Gasteiger partial charge in [-0.1, -0.05) is 0 Å². The van der Waals surface area contributed by atoms with Crippen molar-refractivity contribution in [3.63, 3.8) is 0 Å². The Morgan fingerprint density at radius 1 is 1.41 bits per heavy atom. The van der Waals surface area contributed by atoms with E-state index in [0.29, 0.717) is 10.3 Å². The van der Waals surface area contributed by atoms with Crippen LogP contribution in [0.1, 0.15) is 17.6 Å². The maximum atomic E-state index is 12.8. The van der Waals surface area contributed by atoms with Crippen LogP contribution in [-0.4, -0.2) is 16.2 Å². The topological polar surface area (TPSA) is 57.5 Å². The second-order valence-corrected chi connectivity index (χ2v) is 4.45. The van der Waals surface area contributed by atoms with Gasteiger partial charge in [-0.15, -0.1) is 11.3 Å². The number of rotatable bonds is 3. The number of phenolic OH excluding ortho intramolecular Hbond substituents is 1. The van der Waals surface area contributed by atoms with Crippen LogP contribution in [0.4, 0.5) is 8.78 Å². The van der Waals surface area contributed by atoms with E-state index in [0.717, 1.165) is 17.4 Å². The first-order valence-corrected chi connectivity index (χ1v) is 5.60. The summed E-state index contributed by atoms with van der Waals surface area (Å²) in [7, 11) is 0. The molecule has 0 saturated carbocycles. The van der Waals surface area contributed by atoms with Gasteiger partial charge in [0.15, 0.2) is 0 Å². The number of hydrogen-bond donors (Lipinski definition) is 2. The monoisotopic (exact) mass is 258 g/mol. The van der Waals surface area contributed by atoms with E-state index in [-0.39, 0.29) is 23.1 Å². The molecule has 0 radical (unpaired) electrons. The average Bonchev–Trinajstić information content (AvgIpc) is 2.59. The molecular formula is C11H8F2O3S. The summed E-state index contributed by atoms with van der Waals surface area (Å²) in [6.45, 7) is 0. The predicted octanol–water partition coefficient (Wildman–Crippen LogP) is 3.17. The minimum atomic E-state index is -2.74. The van der Waals surface area contributed by atoms with E-state index in [1.54, 1.807) is 0 Å². The molecule has 2 aromatic rings. The number of fused-ring (bicyclic) bond motifs is 1. The van der Waals surface area contributed by atoms with E-state index in [1.807, 2.05) is 0 Å². The summed E-state index contributed by atoms with van der Waals surface area (Å²) in [5.41, 5.74) is 0.0327. The van der Waals surface area contributed by atoms with E-state index in [2.05, 4.69) is 0 Å². The van der Waals surface area contributed by atoms with Crippen molar-refractivity contribution >= 4 is 27.4 Å². The summed E-state index contributed by atoms with van der Waals surface area (Å²) < 4.78 is 26.1. The van der Waals surface area contributed by atoms with Crippen LogP contribution in [-0.2, 0) is 11.2 Å². The molecule has 17 heavy (non-hydrogen) atoms. The molecule has 3 nitrogen and oxygen atoms in total. The first-order chi connectivity index (χ1) is 7.99. The molecule has 0 aliphatic rings. The Morgan fingerprint density at radius 2 is 2.12 bits per heavy atom. The molecule has 0 spiro atoms. The summed E-state index contributed by atoms with van der Waals surface area (Å²) in [4.78, 5) is 10.6. The molecule has 90 valence electrons. The lowest BCUT2D eigenvalue weighted by molar-refractivity contribution is -0.136. The molecular weight excluding hydrogens is 250 g/mol. The summed E-state index contributed by atoms with van der Waals surface area (Å²) in [5, 5.41) is 19.8. The van der Waals surface area contributed by atoms with Gasteiger partial charge in [0.1, 0.15) is 5.75 Å². The molecule has 2 N–H and O–H groups in total. The van der Waals surface area contributed by atoms with Crippen LogP contribution >= 0.6 is 11.3 Å². The molecule has 0 atom stereocenters. The Bertz CT molecular complexity index is 577. The van der Waals surface area contributed by atoms with Gasteiger partial charge in [0.05, 0.1) is 6.42 Å². The number of thiophene rings is 1. The highest BCUT2D eigenvalue weighted by Gasteiger charge is 2.18. The Kier molecular flexibility index (Phi) is 2.97. The zero-order valence-corrected chi connectivity index (χ0v) is 9.30. The summed E-state index contributed by atoms with van der Waals surface area (Å²) in [5.74, 6) is -1.31. The number of hydrogen-bond acceptors (Lipinski definition) is 3. The third-order valence-corrected chi connectivity index (χ3v) is 3.32. The second kappa shape index (κ2) is 4.29. The van der Waals surface area contributed by atoms with Gasteiger partial charge in [0.2, 0.25) is 0 Å². The minimum absolute atomic E-state index is 0.239. The fourth-order valence-corrected chi connectivity index (χ4v) is 2.74. The predicted molar refractivity (Wildman–Crippen MR) is 59.8 cm³/mol. The number of halogens is 2. The molecule has 2 rings (SSSR count). The number of carbonyl (C=O) groups is 1. The van der Waals surface area contributed by atoms with Crippen LogP contribution < -0.4 is 0 Å². The Labute approximate surface area is 98.9 Å². The number of benzene rings is 1. The number of carboxylic acids is 1. The van der Waals surface area contributed by atoms with Gasteiger partial charge in [-0.25, -0.2) is 8.78 Å². The lowest BCUT2D eigenvalue weighted by Crippen LogP contribution is -2.00. The Hall–Kier alpha value is -1.69. The van der Waals surface area contributed by atoms with Gasteiger partial charge < -0.3 is 10.2 Å². The van der Waals surface area contributed by atoms with Crippen molar-refractivity contribution in [3.8, 4) is 5.75 Å². The SMILES string of the molecule is O=C(O)Cc1csc2cc(O)cc(C(F)F)c12. The molecule has 1 aromatic heterocycles. The molecule has 0 bridgehead atoms. The van der Waals surface area contributed by atoms with E-state index in [9.17, 15) is 18.7 Å². The van der Waals surface area contributed by atoms with Gasteiger partial charge >= 0.3 is 5.97 Å². The lowest BCUT2D eigenvalue weighted by atomic mass is 10.0. The second-order valence-electron chi connectivity index (χ2n) is 3.54. The van der Waals surface area contributed by atoms with Gasteiger partial charge in [0.25, 0.3) is 6.43 Å². The quantitative estimate of drug-likeness (QED) is 0.889. The summed E-state index contributed by atoms with van der Waals surface area (Å²) in [6.07, 6.45) is -3.04.